The molecule has 0 saturated carbocycles. The summed E-state index contributed by atoms with van der Waals surface area (Å²) in [6.07, 6.45) is 2.45. The first-order valence-electron chi connectivity index (χ1n) is 7.00. The van der Waals surface area contributed by atoms with Crippen LogP contribution in [0.15, 0.2) is 22.7 Å². The molecule has 0 spiro atoms. The minimum absolute atomic E-state index is 0. The van der Waals surface area contributed by atoms with Crippen molar-refractivity contribution in [3.63, 3.8) is 0 Å². The van der Waals surface area contributed by atoms with Gasteiger partial charge in [-0.05, 0) is 50.1 Å². The van der Waals surface area contributed by atoms with Crippen molar-refractivity contribution < 1.29 is 14.7 Å². The van der Waals surface area contributed by atoms with E-state index in [1.54, 1.807) is 4.90 Å². The number of nitrogens with zero attached hydrogens (tertiary/aromatic N) is 1. The predicted molar refractivity (Wildman–Crippen MR) is 91.6 cm³/mol. The van der Waals surface area contributed by atoms with Crippen LogP contribution in [0.2, 0.25) is 0 Å². The number of anilines is 1. The summed E-state index contributed by atoms with van der Waals surface area (Å²) in [5, 5.41) is 12.1. The monoisotopic (exact) mass is 390 g/mol. The van der Waals surface area contributed by atoms with Crippen molar-refractivity contribution in [2.45, 2.75) is 32.2 Å². The van der Waals surface area contributed by atoms with Gasteiger partial charge in [-0.15, -0.1) is 12.4 Å². The molecule has 122 valence electrons. The molecule has 0 aliphatic carbocycles. The number of aryl methyl sites for hydroxylation is 1. The van der Waals surface area contributed by atoms with Gasteiger partial charge in [0.2, 0.25) is 5.91 Å². The molecule has 0 radical (unpaired) electrons. The largest absolute Gasteiger partial charge is 0.480 e. The number of carbonyl (C=O) groups excluding carboxylic acids is 1. The van der Waals surface area contributed by atoms with Crippen molar-refractivity contribution in [3.05, 3.63) is 28.2 Å². The van der Waals surface area contributed by atoms with E-state index in [-0.39, 0.29) is 24.9 Å². The Morgan fingerprint density at radius 3 is 2.77 bits per heavy atom. The Kier molecular flexibility index (Phi) is 7.32. The first kappa shape index (κ1) is 18.9. The first-order valence-corrected chi connectivity index (χ1v) is 7.79. The van der Waals surface area contributed by atoms with Gasteiger partial charge in [0.1, 0.15) is 6.04 Å². The van der Waals surface area contributed by atoms with Crippen LogP contribution in [0.4, 0.5) is 5.69 Å². The third-order valence-corrected chi connectivity index (χ3v) is 4.20. The van der Waals surface area contributed by atoms with E-state index in [0.717, 1.165) is 28.6 Å². The van der Waals surface area contributed by atoms with Gasteiger partial charge >= 0.3 is 5.97 Å². The van der Waals surface area contributed by atoms with Crippen molar-refractivity contribution in [2.75, 3.05) is 18.4 Å². The van der Waals surface area contributed by atoms with Crippen molar-refractivity contribution in [1.82, 2.24) is 4.90 Å². The van der Waals surface area contributed by atoms with Gasteiger partial charge in [-0.3, -0.25) is 14.5 Å². The van der Waals surface area contributed by atoms with Crippen LogP contribution in [0.1, 0.15) is 24.8 Å². The Balaban J connectivity index is 0.00000242. The van der Waals surface area contributed by atoms with Gasteiger partial charge < -0.3 is 10.4 Å². The van der Waals surface area contributed by atoms with Crippen molar-refractivity contribution in [3.8, 4) is 0 Å². The van der Waals surface area contributed by atoms with E-state index in [1.165, 1.54) is 0 Å². The SMILES string of the molecule is Cc1cc(Br)ccc1NC(=O)CN1CCCCC1C(=O)O.Cl. The number of carbonyl (C=O) groups is 2. The second kappa shape index (κ2) is 8.50. The highest BCUT2D eigenvalue weighted by molar-refractivity contribution is 9.10. The van der Waals surface area contributed by atoms with Crippen LogP contribution >= 0.6 is 28.3 Å². The van der Waals surface area contributed by atoms with Gasteiger partial charge in [-0.2, -0.15) is 0 Å². The lowest BCUT2D eigenvalue weighted by Crippen LogP contribution is -2.47. The molecule has 1 aliphatic rings. The summed E-state index contributed by atoms with van der Waals surface area (Å²) in [6, 6.07) is 5.08. The lowest BCUT2D eigenvalue weighted by molar-refractivity contribution is -0.145. The Morgan fingerprint density at radius 2 is 2.14 bits per heavy atom. The average molecular weight is 392 g/mol. The Morgan fingerprint density at radius 1 is 1.41 bits per heavy atom. The number of aliphatic carboxylic acids is 1. The summed E-state index contributed by atoms with van der Waals surface area (Å²) in [7, 11) is 0. The van der Waals surface area contributed by atoms with Crippen LogP contribution in [-0.2, 0) is 9.59 Å². The number of rotatable bonds is 4. The van der Waals surface area contributed by atoms with E-state index in [2.05, 4.69) is 21.2 Å². The second-order valence-electron chi connectivity index (χ2n) is 5.33. The summed E-state index contributed by atoms with van der Waals surface area (Å²) >= 11 is 3.38. The molecule has 1 aromatic rings. The third-order valence-electron chi connectivity index (χ3n) is 3.71. The zero-order valence-corrected chi connectivity index (χ0v) is 14.7. The van der Waals surface area contributed by atoms with Gasteiger partial charge in [0.25, 0.3) is 0 Å². The lowest BCUT2D eigenvalue weighted by atomic mass is 10.0. The fourth-order valence-electron chi connectivity index (χ4n) is 2.60. The molecule has 1 unspecified atom stereocenters. The first-order chi connectivity index (χ1) is 9.97. The molecular formula is C15H20BrClN2O3. The summed E-state index contributed by atoms with van der Waals surface area (Å²) in [5.41, 5.74) is 1.72. The highest BCUT2D eigenvalue weighted by Gasteiger charge is 2.29. The van der Waals surface area contributed by atoms with Crippen LogP contribution in [0, 0.1) is 6.92 Å². The van der Waals surface area contributed by atoms with Gasteiger partial charge in [-0.25, -0.2) is 0 Å². The maximum absolute atomic E-state index is 12.1. The van der Waals surface area contributed by atoms with E-state index in [0.29, 0.717) is 13.0 Å². The lowest BCUT2D eigenvalue weighted by Gasteiger charge is -2.32. The maximum Gasteiger partial charge on any atom is 0.320 e. The molecule has 1 aromatic carbocycles. The quantitative estimate of drug-likeness (QED) is 0.827. The number of carboxylic acids is 1. The number of hydrogen-bond acceptors (Lipinski definition) is 3. The number of carboxylic acid groups (broad SMARTS) is 1. The molecule has 22 heavy (non-hydrogen) atoms. The van der Waals surface area contributed by atoms with Crippen LogP contribution in [0.3, 0.4) is 0 Å². The zero-order chi connectivity index (χ0) is 15.4. The number of benzene rings is 1. The van der Waals surface area contributed by atoms with Gasteiger partial charge in [0, 0.05) is 10.2 Å². The molecule has 7 heteroatoms. The van der Waals surface area contributed by atoms with Gasteiger partial charge in [0.05, 0.1) is 6.54 Å². The molecule has 1 fully saturated rings. The van der Waals surface area contributed by atoms with Gasteiger partial charge in [0.15, 0.2) is 0 Å². The molecule has 2 N–H and O–H groups in total. The summed E-state index contributed by atoms with van der Waals surface area (Å²) in [5.74, 6) is -1.02. The van der Waals surface area contributed by atoms with E-state index < -0.39 is 12.0 Å². The van der Waals surface area contributed by atoms with Gasteiger partial charge in [-0.1, -0.05) is 22.4 Å². The molecular weight excluding hydrogens is 372 g/mol. The molecule has 2 rings (SSSR count). The second-order valence-corrected chi connectivity index (χ2v) is 6.24. The molecule has 0 bridgehead atoms. The molecule has 1 heterocycles. The molecule has 1 saturated heterocycles. The van der Waals surface area contributed by atoms with Crippen LogP contribution in [-0.4, -0.2) is 41.0 Å². The Bertz CT molecular complexity index is 554. The fraction of sp³-hybridized carbons (Fsp3) is 0.467. The van der Waals surface area contributed by atoms with E-state index in [1.807, 2.05) is 25.1 Å². The van der Waals surface area contributed by atoms with E-state index in [4.69, 9.17) is 0 Å². The smallest absolute Gasteiger partial charge is 0.320 e. The predicted octanol–water partition coefficient (Wildman–Crippen LogP) is 3.06. The molecule has 5 nitrogen and oxygen atoms in total. The number of halogens is 2. The number of likely N-dealkylation sites (tertiary alicyclic amines) is 1. The highest BCUT2D eigenvalue weighted by atomic mass is 79.9. The number of amides is 1. The van der Waals surface area contributed by atoms with Crippen molar-refractivity contribution in [1.29, 1.82) is 0 Å². The number of piperidine rings is 1. The Labute approximate surface area is 144 Å². The normalized spacial score (nSPS) is 18.4. The minimum Gasteiger partial charge on any atom is -0.480 e. The topological polar surface area (TPSA) is 69.6 Å². The summed E-state index contributed by atoms with van der Waals surface area (Å²) in [6.45, 7) is 2.69. The minimum atomic E-state index is -0.845. The van der Waals surface area contributed by atoms with Crippen LogP contribution < -0.4 is 5.32 Å². The molecule has 1 amide bonds. The van der Waals surface area contributed by atoms with Crippen molar-refractivity contribution >= 4 is 45.9 Å². The maximum atomic E-state index is 12.1. The highest BCUT2D eigenvalue weighted by Crippen LogP contribution is 2.21. The average Bonchev–Trinajstić information content (AvgIpc) is 2.42. The Hall–Kier alpha value is -1.11. The molecule has 0 aromatic heterocycles. The van der Waals surface area contributed by atoms with E-state index in [9.17, 15) is 14.7 Å². The zero-order valence-electron chi connectivity index (χ0n) is 12.3. The summed E-state index contributed by atoms with van der Waals surface area (Å²) in [4.78, 5) is 25.1. The van der Waals surface area contributed by atoms with Crippen LogP contribution in [0.5, 0.6) is 0 Å². The number of hydrogen-bond donors (Lipinski definition) is 2. The molecule has 1 atom stereocenters. The standard InChI is InChI=1S/C15H19BrN2O3.ClH/c1-10-8-11(16)5-6-12(10)17-14(19)9-18-7-3-2-4-13(18)15(20)21;/h5-6,8,13H,2-4,7,9H2,1H3,(H,17,19)(H,20,21);1H. The van der Waals surface area contributed by atoms with Crippen LogP contribution in [0.25, 0.3) is 0 Å². The van der Waals surface area contributed by atoms with Crippen molar-refractivity contribution in [2.24, 2.45) is 0 Å². The third kappa shape index (κ3) is 4.97. The molecule has 1 aliphatic heterocycles. The van der Waals surface area contributed by atoms with E-state index >= 15 is 0 Å². The summed E-state index contributed by atoms with van der Waals surface area (Å²) < 4.78 is 0.958. The number of nitrogens with one attached hydrogen (secondary N) is 1. The fourth-order valence-corrected chi connectivity index (χ4v) is 3.08.